The van der Waals surface area contributed by atoms with Gasteiger partial charge in [0.1, 0.15) is 5.82 Å². The Morgan fingerprint density at radius 1 is 1.12 bits per heavy atom. The summed E-state index contributed by atoms with van der Waals surface area (Å²) in [5.74, 6) is 1.78. The number of rotatable bonds is 4. The Morgan fingerprint density at radius 3 is 2.67 bits per heavy atom. The van der Waals surface area contributed by atoms with Crippen molar-refractivity contribution in [1.29, 1.82) is 0 Å². The Balaban J connectivity index is 1.75. The summed E-state index contributed by atoms with van der Waals surface area (Å²) in [6, 6.07) is 11.1. The maximum atomic E-state index is 6.09. The molecule has 1 aliphatic carbocycles. The quantitative estimate of drug-likeness (QED) is 0.903. The first-order chi connectivity index (χ1) is 11.8. The van der Waals surface area contributed by atoms with Gasteiger partial charge in [-0.15, -0.1) is 0 Å². The van der Waals surface area contributed by atoms with Gasteiger partial charge in [0.25, 0.3) is 0 Å². The molecule has 1 aromatic heterocycles. The van der Waals surface area contributed by atoms with E-state index in [0.29, 0.717) is 17.9 Å². The van der Waals surface area contributed by atoms with Crippen molar-refractivity contribution in [2.45, 2.75) is 44.1 Å². The highest BCUT2D eigenvalue weighted by Gasteiger charge is 2.34. The Kier molecular flexibility index (Phi) is 4.10. The average molecular weight is 323 g/mol. The smallest absolute Gasteiger partial charge is 0.222 e. The molecular weight excluding hydrogens is 298 g/mol. The van der Waals surface area contributed by atoms with Crippen LogP contribution in [0.25, 0.3) is 0 Å². The Bertz CT molecular complexity index is 715. The van der Waals surface area contributed by atoms with E-state index >= 15 is 0 Å². The van der Waals surface area contributed by atoms with Gasteiger partial charge < -0.3 is 16.4 Å². The number of fused-ring (bicyclic) bond motifs is 1. The second-order valence-corrected chi connectivity index (χ2v) is 6.84. The highest BCUT2D eigenvalue weighted by Crippen LogP contribution is 2.41. The van der Waals surface area contributed by atoms with E-state index in [2.05, 4.69) is 45.2 Å². The number of aromatic nitrogens is 2. The van der Waals surface area contributed by atoms with Crippen molar-refractivity contribution in [1.82, 2.24) is 9.97 Å². The number of benzene rings is 1. The Labute approximate surface area is 143 Å². The molecule has 1 fully saturated rings. The molecule has 2 aliphatic rings. The summed E-state index contributed by atoms with van der Waals surface area (Å²) in [7, 11) is 0. The summed E-state index contributed by atoms with van der Waals surface area (Å²) in [6.45, 7) is 1.76. The second-order valence-electron chi connectivity index (χ2n) is 6.84. The third-order valence-electron chi connectivity index (χ3n) is 5.40. The van der Waals surface area contributed by atoms with Crippen LogP contribution in [0.1, 0.15) is 48.4 Å². The molecule has 0 spiro atoms. The molecule has 2 atom stereocenters. The Morgan fingerprint density at radius 2 is 1.96 bits per heavy atom. The predicted octanol–water partition coefficient (Wildman–Crippen LogP) is 2.45. The molecule has 2 aromatic rings. The summed E-state index contributed by atoms with van der Waals surface area (Å²) in [5, 5.41) is 0. The van der Waals surface area contributed by atoms with Crippen molar-refractivity contribution in [3.63, 3.8) is 0 Å². The highest BCUT2D eigenvalue weighted by atomic mass is 15.3. The van der Waals surface area contributed by atoms with Gasteiger partial charge in [0.2, 0.25) is 5.95 Å². The van der Waals surface area contributed by atoms with Gasteiger partial charge in [-0.25, -0.2) is 4.98 Å². The minimum absolute atomic E-state index is 0.327. The van der Waals surface area contributed by atoms with Gasteiger partial charge >= 0.3 is 0 Å². The minimum Gasteiger partial charge on any atom is -0.368 e. The van der Waals surface area contributed by atoms with E-state index in [-0.39, 0.29) is 0 Å². The molecule has 0 bridgehead atoms. The van der Waals surface area contributed by atoms with E-state index < -0.39 is 0 Å². The van der Waals surface area contributed by atoms with Crippen LogP contribution in [0.5, 0.6) is 0 Å². The number of anilines is 2. The molecule has 1 saturated heterocycles. The van der Waals surface area contributed by atoms with Gasteiger partial charge in [-0.05, 0) is 44.2 Å². The normalized spacial score (nSPS) is 22.8. The summed E-state index contributed by atoms with van der Waals surface area (Å²) >= 11 is 0. The van der Waals surface area contributed by atoms with Crippen molar-refractivity contribution in [2.24, 2.45) is 5.73 Å². The lowest BCUT2D eigenvalue weighted by atomic mass is 9.81. The zero-order valence-electron chi connectivity index (χ0n) is 14.0. The maximum absolute atomic E-state index is 6.09. The molecule has 0 saturated carbocycles. The van der Waals surface area contributed by atoms with Gasteiger partial charge in [0.15, 0.2) is 0 Å². The molecule has 4 rings (SSSR count). The first kappa shape index (κ1) is 15.4. The second kappa shape index (κ2) is 6.40. The van der Waals surface area contributed by atoms with Crippen molar-refractivity contribution in [2.75, 3.05) is 23.7 Å². The fraction of sp³-hybridized carbons (Fsp3) is 0.474. The molecule has 0 radical (unpaired) electrons. The molecule has 4 N–H and O–H groups in total. The minimum atomic E-state index is 0.327. The number of nitrogen functional groups attached to an aromatic ring is 1. The summed E-state index contributed by atoms with van der Waals surface area (Å²) < 4.78 is 0. The topological polar surface area (TPSA) is 81.1 Å². The van der Waals surface area contributed by atoms with Gasteiger partial charge in [-0.1, -0.05) is 30.3 Å². The number of hydrogen-bond donors (Lipinski definition) is 2. The molecule has 24 heavy (non-hydrogen) atoms. The van der Waals surface area contributed by atoms with E-state index in [1.54, 1.807) is 0 Å². The molecule has 1 aromatic carbocycles. The predicted molar refractivity (Wildman–Crippen MR) is 97.1 cm³/mol. The van der Waals surface area contributed by atoms with E-state index in [1.807, 2.05) is 0 Å². The highest BCUT2D eigenvalue weighted by molar-refractivity contribution is 5.57. The molecular formula is C19H25N5. The Hall–Kier alpha value is -2.14. The van der Waals surface area contributed by atoms with Crippen LogP contribution in [0.2, 0.25) is 0 Å². The standard InChI is InChI=1S/C19H25N5/c20-11-9-14-10-12-24(14)18-16-8-4-7-15(13-5-2-1-3-6-13)17(16)22-19(21)23-18/h1-3,5-6,14-15H,4,7-12,20H2,(H2,21,22,23). The molecule has 1 aliphatic heterocycles. The summed E-state index contributed by atoms with van der Waals surface area (Å²) in [6.07, 6.45) is 5.54. The first-order valence-electron chi connectivity index (χ1n) is 8.96. The largest absolute Gasteiger partial charge is 0.368 e. The first-order valence-corrected chi connectivity index (χ1v) is 8.96. The lowest BCUT2D eigenvalue weighted by Gasteiger charge is -2.43. The van der Waals surface area contributed by atoms with Crippen LogP contribution in [0, 0.1) is 0 Å². The van der Waals surface area contributed by atoms with Crippen LogP contribution in [-0.2, 0) is 6.42 Å². The molecule has 2 unspecified atom stereocenters. The monoisotopic (exact) mass is 323 g/mol. The molecule has 5 nitrogen and oxygen atoms in total. The zero-order chi connectivity index (χ0) is 16.5. The third-order valence-corrected chi connectivity index (χ3v) is 5.40. The van der Waals surface area contributed by atoms with Gasteiger partial charge in [-0.2, -0.15) is 4.98 Å². The number of hydrogen-bond acceptors (Lipinski definition) is 5. The molecule has 0 amide bonds. The molecule has 126 valence electrons. The van der Waals surface area contributed by atoms with Gasteiger partial charge in [0, 0.05) is 24.1 Å². The van der Waals surface area contributed by atoms with Gasteiger partial charge in [0.05, 0.1) is 5.69 Å². The van der Waals surface area contributed by atoms with Crippen molar-refractivity contribution >= 4 is 11.8 Å². The zero-order valence-corrected chi connectivity index (χ0v) is 14.0. The summed E-state index contributed by atoms with van der Waals surface area (Å²) in [4.78, 5) is 11.7. The summed E-state index contributed by atoms with van der Waals surface area (Å²) in [5.41, 5.74) is 15.6. The molecule has 5 heteroatoms. The van der Waals surface area contributed by atoms with Crippen LogP contribution >= 0.6 is 0 Å². The van der Waals surface area contributed by atoms with Gasteiger partial charge in [-0.3, -0.25) is 0 Å². The van der Waals surface area contributed by atoms with Crippen LogP contribution < -0.4 is 16.4 Å². The fourth-order valence-corrected chi connectivity index (χ4v) is 4.11. The van der Waals surface area contributed by atoms with E-state index in [4.69, 9.17) is 11.5 Å². The van der Waals surface area contributed by atoms with Crippen molar-refractivity contribution < 1.29 is 0 Å². The van der Waals surface area contributed by atoms with Crippen LogP contribution in [0.3, 0.4) is 0 Å². The third kappa shape index (κ3) is 2.63. The average Bonchev–Trinajstić information content (AvgIpc) is 2.59. The lowest BCUT2D eigenvalue weighted by Crippen LogP contribution is -2.50. The lowest BCUT2D eigenvalue weighted by molar-refractivity contribution is 0.420. The number of nitrogens with zero attached hydrogens (tertiary/aromatic N) is 3. The van der Waals surface area contributed by atoms with E-state index in [0.717, 1.165) is 43.9 Å². The van der Waals surface area contributed by atoms with Crippen LogP contribution in [-0.4, -0.2) is 29.1 Å². The van der Waals surface area contributed by atoms with E-state index in [9.17, 15) is 0 Å². The molecule has 2 heterocycles. The maximum Gasteiger partial charge on any atom is 0.222 e. The fourth-order valence-electron chi connectivity index (χ4n) is 4.11. The van der Waals surface area contributed by atoms with Crippen molar-refractivity contribution in [3.8, 4) is 0 Å². The number of nitrogens with two attached hydrogens (primary N) is 2. The van der Waals surface area contributed by atoms with Crippen molar-refractivity contribution in [3.05, 3.63) is 47.2 Å². The van der Waals surface area contributed by atoms with Crippen LogP contribution in [0.4, 0.5) is 11.8 Å². The van der Waals surface area contributed by atoms with E-state index in [1.165, 1.54) is 24.0 Å². The van der Waals surface area contributed by atoms with Crippen LogP contribution in [0.15, 0.2) is 30.3 Å². The SMILES string of the molecule is NCCC1CCN1c1nc(N)nc2c1CCCC2c1ccccc1.